The summed E-state index contributed by atoms with van der Waals surface area (Å²) in [5, 5.41) is 0. The molecule has 0 aromatic carbocycles. The van der Waals surface area contributed by atoms with Crippen LogP contribution in [0.5, 0.6) is 5.88 Å². The van der Waals surface area contributed by atoms with Gasteiger partial charge in [0.15, 0.2) is 11.6 Å². The maximum atomic E-state index is 13.0. The fourth-order valence-electron chi connectivity index (χ4n) is 1.16. The largest absolute Gasteiger partial charge is 0.472 e. The molecule has 0 saturated heterocycles. The number of pyridine rings is 1. The third-order valence-corrected chi connectivity index (χ3v) is 2.19. The number of rotatable bonds is 2. The first-order chi connectivity index (χ1) is 6.66. The molecule has 14 heavy (non-hydrogen) atoms. The van der Waals surface area contributed by atoms with Crippen LogP contribution in [0.1, 0.15) is 19.3 Å². The molecule has 1 aliphatic rings. The number of aromatic nitrogens is 1. The lowest BCUT2D eigenvalue weighted by Gasteiger charge is -2.25. The van der Waals surface area contributed by atoms with Crippen molar-refractivity contribution in [1.82, 2.24) is 4.98 Å². The molecule has 0 unspecified atom stereocenters. The minimum absolute atomic E-state index is 0.109. The summed E-state index contributed by atoms with van der Waals surface area (Å²) in [5.41, 5.74) is 0. The van der Waals surface area contributed by atoms with Crippen molar-refractivity contribution in [2.45, 2.75) is 25.4 Å². The van der Waals surface area contributed by atoms with E-state index >= 15 is 0 Å². The fraction of sp³-hybridized carbons (Fsp3) is 0.444. The van der Waals surface area contributed by atoms with Crippen molar-refractivity contribution in [2.75, 3.05) is 0 Å². The zero-order valence-corrected chi connectivity index (χ0v) is 7.27. The van der Waals surface area contributed by atoms with E-state index in [0.29, 0.717) is 6.07 Å². The lowest BCUT2D eigenvalue weighted by atomic mass is 9.96. The van der Waals surface area contributed by atoms with Crippen LogP contribution >= 0.6 is 0 Å². The molecule has 2 nitrogen and oxygen atoms in total. The van der Waals surface area contributed by atoms with Gasteiger partial charge in [-0.15, -0.1) is 0 Å². The van der Waals surface area contributed by atoms with Crippen molar-refractivity contribution >= 4 is 0 Å². The molecular weight excluding hydrogens is 195 g/mol. The molecule has 5 heteroatoms. The van der Waals surface area contributed by atoms with Crippen molar-refractivity contribution in [3.05, 3.63) is 23.6 Å². The van der Waals surface area contributed by atoms with E-state index in [-0.39, 0.29) is 6.10 Å². The fourth-order valence-corrected chi connectivity index (χ4v) is 1.16. The molecule has 1 aromatic rings. The molecule has 76 valence electrons. The van der Waals surface area contributed by atoms with Gasteiger partial charge in [-0.2, -0.15) is 9.37 Å². The minimum atomic E-state index is -1.33. The van der Waals surface area contributed by atoms with E-state index in [1.165, 1.54) is 0 Å². The van der Waals surface area contributed by atoms with Crippen molar-refractivity contribution in [3.8, 4) is 5.88 Å². The summed E-state index contributed by atoms with van der Waals surface area (Å²) in [6, 6.07) is 0.441. The molecule has 1 aliphatic carbocycles. The highest BCUT2D eigenvalue weighted by Gasteiger charge is 2.22. The van der Waals surface area contributed by atoms with E-state index in [1.807, 2.05) is 0 Å². The molecule has 0 atom stereocenters. The van der Waals surface area contributed by atoms with Crippen LogP contribution in [0.2, 0.25) is 0 Å². The summed E-state index contributed by atoms with van der Waals surface area (Å²) >= 11 is 0. The Kier molecular flexibility index (Phi) is 2.31. The smallest absolute Gasteiger partial charge is 0.253 e. The maximum Gasteiger partial charge on any atom is 0.253 e. The molecule has 1 aromatic heterocycles. The highest BCUT2D eigenvalue weighted by Crippen LogP contribution is 2.26. The lowest BCUT2D eigenvalue weighted by Crippen LogP contribution is -2.25. The van der Waals surface area contributed by atoms with Gasteiger partial charge in [-0.05, 0) is 19.3 Å². The van der Waals surface area contributed by atoms with Crippen LogP contribution in [0, 0.1) is 17.6 Å². The van der Waals surface area contributed by atoms with Crippen LogP contribution in [0.4, 0.5) is 13.2 Å². The summed E-state index contributed by atoms with van der Waals surface area (Å²) in [5.74, 6) is -4.05. The lowest BCUT2D eigenvalue weighted by molar-refractivity contribution is 0.107. The van der Waals surface area contributed by atoms with E-state index in [4.69, 9.17) is 4.74 Å². The van der Waals surface area contributed by atoms with Crippen LogP contribution in [0.25, 0.3) is 0 Å². The molecule has 0 amide bonds. The Morgan fingerprint density at radius 3 is 2.50 bits per heavy atom. The first-order valence-electron chi connectivity index (χ1n) is 4.35. The SMILES string of the molecule is Fc1cc(F)c(OC2CCC2)nc1F. The van der Waals surface area contributed by atoms with E-state index in [0.717, 1.165) is 19.3 Å². The quantitative estimate of drug-likeness (QED) is 0.688. The Morgan fingerprint density at radius 2 is 1.93 bits per heavy atom. The van der Waals surface area contributed by atoms with Crippen LogP contribution in [-0.4, -0.2) is 11.1 Å². The zero-order valence-electron chi connectivity index (χ0n) is 7.27. The van der Waals surface area contributed by atoms with Crippen LogP contribution in [0.3, 0.4) is 0 Å². The highest BCUT2D eigenvalue weighted by molar-refractivity contribution is 5.15. The van der Waals surface area contributed by atoms with Crippen molar-refractivity contribution in [2.24, 2.45) is 0 Å². The van der Waals surface area contributed by atoms with Crippen LogP contribution in [0.15, 0.2) is 6.07 Å². The van der Waals surface area contributed by atoms with Gasteiger partial charge in [-0.3, -0.25) is 0 Å². The van der Waals surface area contributed by atoms with Gasteiger partial charge in [-0.1, -0.05) is 0 Å². The molecule has 1 heterocycles. The third kappa shape index (κ3) is 1.66. The van der Waals surface area contributed by atoms with Gasteiger partial charge in [0.2, 0.25) is 0 Å². The van der Waals surface area contributed by atoms with Gasteiger partial charge in [0.1, 0.15) is 6.10 Å². The molecule has 0 radical (unpaired) electrons. The average molecular weight is 203 g/mol. The molecule has 0 spiro atoms. The highest BCUT2D eigenvalue weighted by atomic mass is 19.2. The minimum Gasteiger partial charge on any atom is -0.472 e. The maximum absolute atomic E-state index is 13.0. The molecule has 2 rings (SSSR count). The van der Waals surface area contributed by atoms with Gasteiger partial charge in [0.25, 0.3) is 11.8 Å². The molecule has 0 N–H and O–H groups in total. The normalized spacial score (nSPS) is 16.5. The van der Waals surface area contributed by atoms with E-state index in [2.05, 4.69) is 4.98 Å². The van der Waals surface area contributed by atoms with E-state index in [1.54, 1.807) is 0 Å². The number of halogens is 3. The first-order valence-corrected chi connectivity index (χ1v) is 4.35. The molecule has 1 fully saturated rings. The predicted molar refractivity (Wildman–Crippen MR) is 42.4 cm³/mol. The monoisotopic (exact) mass is 203 g/mol. The zero-order chi connectivity index (χ0) is 10.1. The molecule has 0 aliphatic heterocycles. The van der Waals surface area contributed by atoms with Gasteiger partial charge in [0.05, 0.1) is 0 Å². The Hall–Kier alpha value is -1.26. The molecular formula is C9H8F3NO. The molecule has 0 bridgehead atoms. The second kappa shape index (κ2) is 3.48. The van der Waals surface area contributed by atoms with Gasteiger partial charge < -0.3 is 4.74 Å². The number of nitrogens with zero attached hydrogens (tertiary/aromatic N) is 1. The Morgan fingerprint density at radius 1 is 1.21 bits per heavy atom. The Balaban J connectivity index is 2.19. The standard InChI is InChI=1S/C9H8F3NO/c10-6-4-7(11)9(13-8(6)12)14-5-2-1-3-5/h4-5H,1-3H2. The topological polar surface area (TPSA) is 22.1 Å². The number of hydrogen-bond donors (Lipinski definition) is 0. The van der Waals surface area contributed by atoms with Gasteiger partial charge in [0, 0.05) is 6.07 Å². The second-order valence-electron chi connectivity index (χ2n) is 3.22. The Labute approximate surface area is 78.7 Å². The Bertz CT molecular complexity index is 352. The summed E-state index contributed by atoms with van der Waals surface area (Å²) in [6.45, 7) is 0. The second-order valence-corrected chi connectivity index (χ2v) is 3.22. The summed E-state index contributed by atoms with van der Waals surface area (Å²) in [7, 11) is 0. The van der Waals surface area contributed by atoms with E-state index in [9.17, 15) is 13.2 Å². The first kappa shape index (κ1) is 9.30. The third-order valence-electron chi connectivity index (χ3n) is 2.19. The average Bonchev–Trinajstić information content (AvgIpc) is 2.06. The van der Waals surface area contributed by atoms with Crippen molar-refractivity contribution in [1.29, 1.82) is 0 Å². The van der Waals surface area contributed by atoms with Gasteiger partial charge >= 0.3 is 0 Å². The summed E-state index contributed by atoms with van der Waals surface area (Å²) < 4.78 is 43.0. The van der Waals surface area contributed by atoms with Crippen molar-refractivity contribution in [3.63, 3.8) is 0 Å². The predicted octanol–water partition coefficient (Wildman–Crippen LogP) is 2.43. The number of hydrogen-bond acceptors (Lipinski definition) is 2. The number of ether oxygens (including phenoxy) is 1. The molecule has 1 saturated carbocycles. The van der Waals surface area contributed by atoms with Crippen molar-refractivity contribution < 1.29 is 17.9 Å². The van der Waals surface area contributed by atoms with E-state index < -0.39 is 23.5 Å². The summed E-state index contributed by atoms with van der Waals surface area (Å²) in [4.78, 5) is 3.06. The van der Waals surface area contributed by atoms with Gasteiger partial charge in [-0.25, -0.2) is 8.78 Å². The van der Waals surface area contributed by atoms with Crippen LogP contribution < -0.4 is 4.74 Å². The summed E-state index contributed by atoms with van der Waals surface area (Å²) in [6.07, 6.45) is 2.51. The van der Waals surface area contributed by atoms with Crippen LogP contribution in [-0.2, 0) is 0 Å².